The van der Waals surface area contributed by atoms with Crippen LogP contribution in [0.1, 0.15) is 102 Å². The van der Waals surface area contributed by atoms with Crippen LogP contribution < -0.4 is 67.1 Å². The fourth-order valence-electron chi connectivity index (χ4n) is 15.7. The first-order valence-electron chi connectivity index (χ1n) is 46.1. The van der Waals surface area contributed by atoms with Crippen molar-refractivity contribution in [2.24, 2.45) is 28.2 Å². The molecule has 150 heavy (non-hydrogen) atoms. The molecule has 2 amide bonds. The summed E-state index contributed by atoms with van der Waals surface area (Å²) in [5, 5.41) is 67.1. The van der Waals surface area contributed by atoms with E-state index in [1.165, 1.54) is 78.2 Å². The molecular formula is C97H108N42O8S3. The van der Waals surface area contributed by atoms with E-state index in [0.29, 0.717) is 135 Å². The van der Waals surface area contributed by atoms with Crippen LogP contribution in [0.25, 0.3) is 98.4 Å². The summed E-state index contributed by atoms with van der Waals surface area (Å²) in [5.41, 5.74) is 60.2. The number of amides is 2. The lowest BCUT2D eigenvalue weighted by Crippen LogP contribution is -2.40. The number of aldehydes is 1. The highest BCUT2D eigenvalue weighted by Gasteiger charge is 2.28. The number of aryl methyl sites for hydroxylation is 7. The lowest BCUT2D eigenvalue weighted by atomic mass is 10.0. The minimum atomic E-state index is -0.574. The first-order chi connectivity index (χ1) is 72.1. The summed E-state index contributed by atoms with van der Waals surface area (Å²) in [4.78, 5) is 104. The minimum absolute atomic E-state index is 0.00499. The van der Waals surface area contributed by atoms with Gasteiger partial charge in [0.25, 0.3) is 5.91 Å². The maximum absolute atomic E-state index is 12.7. The number of carbonyl (C=O) groups is 3. The van der Waals surface area contributed by atoms with Gasteiger partial charge >= 0.3 is 6.09 Å². The molecule has 3 aromatic carbocycles. The Kier molecular flexibility index (Phi) is 33.3. The molecule has 2 aliphatic rings. The summed E-state index contributed by atoms with van der Waals surface area (Å²) in [6, 6.07) is 33.5. The number of nitrogen functional groups attached to an aromatic ring is 8. The summed E-state index contributed by atoms with van der Waals surface area (Å²) in [6.45, 7) is 18.4. The topological polar surface area (TPSA) is 730 Å². The fraction of sp³-hybridized carbons (Fsp3) is 0.247. The van der Waals surface area contributed by atoms with Gasteiger partial charge in [0.1, 0.15) is 153 Å². The zero-order chi connectivity index (χ0) is 107. The maximum atomic E-state index is 12.7. The van der Waals surface area contributed by atoms with Gasteiger partial charge in [0.2, 0.25) is 5.13 Å². The van der Waals surface area contributed by atoms with Crippen molar-refractivity contribution >= 4 is 177 Å². The van der Waals surface area contributed by atoms with E-state index in [4.69, 9.17) is 85.1 Å². The number of thiophene rings is 1. The molecule has 16 aromatic heterocycles. The molecule has 2 fully saturated rings. The molecule has 2 saturated heterocycles. The number of aromatic nitrogens is 25. The Morgan fingerprint density at radius 1 is 0.467 bits per heavy atom. The average Bonchev–Trinajstić information content (AvgIpc) is 1.62. The Bertz CT molecular complexity index is 8120. The van der Waals surface area contributed by atoms with Crippen LogP contribution in [0.2, 0.25) is 0 Å². The number of nitrogens with one attached hydrogen (secondary N) is 7. The van der Waals surface area contributed by atoms with Gasteiger partial charge in [-0.25, -0.2) is 98.3 Å². The number of nitrogens with two attached hydrogens (primary N) is 8. The second-order valence-corrected chi connectivity index (χ2v) is 37.5. The van der Waals surface area contributed by atoms with Crippen LogP contribution in [0.15, 0.2) is 162 Å². The van der Waals surface area contributed by atoms with Gasteiger partial charge in [-0.2, -0.15) is 20.4 Å². The van der Waals surface area contributed by atoms with E-state index in [1.807, 2.05) is 95.7 Å². The first-order valence-corrected chi connectivity index (χ1v) is 48.6. The standard InChI is InChI=1S/C17H18N6O2.C16H22N6O3.C15H18N6OS.C14H14N8S.C13H13N5.C11H12N6S.C11H11N5O2/c1-22-16-13(15(18)19-10-20-16)14(21-22)11-3-2-4-12(9-11)17(24)23-5-7-25-8-6-23;1-16(2,3)25-15(23)20-7-9-5-6-10(24-9)12(17)11-13(18)21-8-22-14(11)19-4;1-20-15-12(14(16)17-9-18-15)13(19-20)11-3-2-10(23-11)8-21-4-6-22-7-5-21;1-18-12-9(11(16)19-6-20-12)10(15)7-2-4-8(5-3-7)13-21-22-14(17)23-13;1-8-4-3-5-9(6-8)11-10-12(14)15-7-16-13(10)18(2)17-11;1-5-9(18-6(2)15-5)8-7-10(12)13-4-14-11(7)17(3)16-8;1-14-11-8(10(13)15-5-16-11)9(12)7-3-2-6(4-17)18-7/h2-4,9-10H,5-8H2,1H3,(H2,18,19,20);5-6,8,17H,7H2,1-4H3,(H,20,23)(H3,18,19,21,22);2-3,9H,4-8H2,1H3,(H2,16,17,18);2-6,15H,1H3,(H2,17,22)(H3,16,18,19,20);3-7H,1-2H3,(H2,14,15,16);4H,1-3H3,(H2,12,13,14);2-5,12H,1H3,(H3,13,14,15,16). The lowest BCUT2D eigenvalue weighted by Gasteiger charge is -2.27. The number of alkyl carbamates (subject to hydrolysis) is 1. The number of furan rings is 2. The quantitative estimate of drug-likeness (QED) is 0.0249. The van der Waals surface area contributed by atoms with Crippen molar-refractivity contribution in [3.8, 4) is 54.2 Å². The van der Waals surface area contributed by atoms with Gasteiger partial charge < -0.3 is 95.1 Å². The van der Waals surface area contributed by atoms with Crippen molar-refractivity contribution in [2.45, 2.75) is 60.2 Å². The molecule has 0 aliphatic carbocycles. The van der Waals surface area contributed by atoms with E-state index in [-0.39, 0.29) is 58.6 Å². The predicted octanol–water partition coefficient (Wildman–Crippen LogP) is 10.9. The molecule has 0 bridgehead atoms. The molecule has 53 heteroatoms. The average molecular weight is 2090 g/mol. The van der Waals surface area contributed by atoms with E-state index in [2.05, 4.69) is 163 Å². The molecular weight excluding hydrogens is 1980 g/mol. The van der Waals surface area contributed by atoms with Crippen molar-refractivity contribution in [3.05, 3.63) is 225 Å². The Hall–Kier alpha value is -18.3. The molecule has 0 unspecified atom stereocenters. The molecule has 23 N–H and O–H groups in total. The van der Waals surface area contributed by atoms with Crippen LogP contribution in [-0.4, -0.2) is 249 Å². The third-order valence-electron chi connectivity index (χ3n) is 22.7. The monoisotopic (exact) mass is 2080 g/mol. The maximum Gasteiger partial charge on any atom is 0.408 e. The molecule has 0 atom stereocenters. The number of hydrogen-bond acceptors (Lipinski definition) is 47. The highest BCUT2D eigenvalue weighted by atomic mass is 32.1. The number of fused-ring (bicyclic) bond motifs is 4. The zero-order valence-corrected chi connectivity index (χ0v) is 86.2. The Morgan fingerprint density at radius 2 is 0.920 bits per heavy atom. The largest absolute Gasteiger partial charge is 0.458 e. The van der Waals surface area contributed by atoms with E-state index < -0.39 is 11.7 Å². The second kappa shape index (κ2) is 47.2. The van der Waals surface area contributed by atoms with Crippen molar-refractivity contribution in [2.75, 3.05) is 136 Å². The molecule has 50 nitrogen and oxygen atoms in total. The molecule has 21 rings (SSSR count). The van der Waals surface area contributed by atoms with Crippen LogP contribution >= 0.6 is 34.0 Å². The van der Waals surface area contributed by atoms with Gasteiger partial charge in [-0.3, -0.25) is 30.7 Å². The van der Waals surface area contributed by atoms with E-state index in [9.17, 15) is 14.4 Å². The molecule has 0 spiro atoms. The summed E-state index contributed by atoms with van der Waals surface area (Å²) < 4.78 is 33.5. The molecule has 772 valence electrons. The Morgan fingerprint density at radius 3 is 1.39 bits per heavy atom. The van der Waals surface area contributed by atoms with Crippen LogP contribution in [0.5, 0.6) is 0 Å². The van der Waals surface area contributed by atoms with Crippen molar-refractivity contribution in [1.29, 1.82) is 16.2 Å². The third-order valence-corrected chi connectivity index (χ3v) is 25.7. The number of ether oxygens (including phenoxy) is 3. The van der Waals surface area contributed by atoms with Gasteiger partial charge in [-0.1, -0.05) is 71.5 Å². The van der Waals surface area contributed by atoms with Gasteiger partial charge in [0.15, 0.2) is 46.2 Å². The van der Waals surface area contributed by atoms with Gasteiger partial charge in [-0.05, 0) is 96.1 Å². The molecule has 18 heterocycles. The summed E-state index contributed by atoms with van der Waals surface area (Å²) in [7, 11) is 12.5. The number of morpholine rings is 2. The number of benzene rings is 3. The van der Waals surface area contributed by atoms with Gasteiger partial charge in [0.05, 0.1) is 97.4 Å². The van der Waals surface area contributed by atoms with Gasteiger partial charge in [0, 0.05) is 115 Å². The fourth-order valence-corrected chi connectivity index (χ4v) is 18.3. The van der Waals surface area contributed by atoms with Crippen molar-refractivity contribution in [3.63, 3.8) is 0 Å². The molecule has 19 aromatic rings. The van der Waals surface area contributed by atoms with E-state index in [0.717, 1.165) is 125 Å². The lowest BCUT2D eigenvalue weighted by molar-refractivity contribution is 0.0303. The molecule has 2 aliphatic heterocycles. The van der Waals surface area contributed by atoms with Crippen molar-refractivity contribution < 1.29 is 37.4 Å². The Balaban J connectivity index is 0.000000131. The number of nitrogens with zero attached hydrogens (tertiary/aromatic N) is 27. The first kappa shape index (κ1) is 106. The Labute approximate surface area is 868 Å². The van der Waals surface area contributed by atoms with Crippen molar-refractivity contribution in [1.82, 2.24) is 139 Å². The SMILES string of the molecule is CNc1ncnc(N)c1C(=N)c1ccc(-c2nnc(N)s2)cc1.CNc1ncnc(N)c1C(=N)c1ccc(C=O)o1.CNc1ncnc(N)c1C(=N)c1ccc(CNC(=O)OC(C)(C)C)o1.Cc1cccc(-c2nn(C)c3ncnc(N)c23)c1.Cc1nc(C)c(-c2nn(C)c3ncnc(N)c23)s1.Cn1nc(-c2ccc(CN3CCOCC3)s2)c2c(N)ncnc21.Cn1nc(-c2cccc(C(=O)N3CCOCC3)c2)c2c(N)ncnc21. The smallest absolute Gasteiger partial charge is 0.408 e. The van der Waals surface area contributed by atoms with Crippen LogP contribution in [-0.2, 0) is 55.5 Å². The highest BCUT2D eigenvalue weighted by molar-refractivity contribution is 7.18. The summed E-state index contributed by atoms with van der Waals surface area (Å²) >= 11 is 4.67. The van der Waals surface area contributed by atoms with Crippen LogP contribution in [0, 0.1) is 37.0 Å². The van der Waals surface area contributed by atoms with Crippen LogP contribution in [0.3, 0.4) is 0 Å². The number of anilines is 11. The third kappa shape index (κ3) is 24.5. The predicted molar refractivity (Wildman–Crippen MR) is 577 cm³/mol. The highest BCUT2D eigenvalue weighted by Crippen LogP contribution is 2.40. The normalized spacial score (nSPS) is 12.3. The number of carbonyl (C=O) groups excluding carboxylic acids is 3. The molecule has 0 radical (unpaired) electrons. The number of rotatable bonds is 20. The van der Waals surface area contributed by atoms with E-state index >= 15 is 0 Å². The second-order valence-electron chi connectivity index (χ2n) is 34.2. The van der Waals surface area contributed by atoms with Crippen LogP contribution in [0.4, 0.5) is 68.1 Å². The summed E-state index contributed by atoms with van der Waals surface area (Å²) in [5.74, 6) is 4.89. The molecule has 0 saturated carbocycles. The number of hydrogen-bond donors (Lipinski definition) is 15. The number of thiazole rings is 1. The van der Waals surface area contributed by atoms with E-state index in [1.54, 1.807) is 107 Å². The minimum Gasteiger partial charge on any atom is -0.458 e. The summed E-state index contributed by atoms with van der Waals surface area (Å²) in [6.07, 6.45) is 9.81. The zero-order valence-electron chi connectivity index (χ0n) is 83.8. The van der Waals surface area contributed by atoms with Gasteiger partial charge in [-0.15, -0.1) is 32.9 Å².